The van der Waals surface area contributed by atoms with E-state index < -0.39 is 21.9 Å². The zero-order chi connectivity index (χ0) is 29.0. The van der Waals surface area contributed by atoms with E-state index in [1.165, 1.54) is 61.3 Å². The first-order chi connectivity index (χ1) is 19.7. The summed E-state index contributed by atoms with van der Waals surface area (Å²) >= 11 is 1.03. The Labute approximate surface area is 242 Å². The predicted octanol–water partition coefficient (Wildman–Crippen LogP) is 5.30. The monoisotopic (exact) mass is 597 g/mol. The van der Waals surface area contributed by atoms with Gasteiger partial charge in [0, 0.05) is 34.4 Å². The smallest absolute Gasteiger partial charge is 0.333 e. The maximum absolute atomic E-state index is 15.1. The van der Waals surface area contributed by atoms with Crippen molar-refractivity contribution >= 4 is 49.5 Å². The van der Waals surface area contributed by atoms with E-state index in [1.807, 2.05) is 16.9 Å². The van der Waals surface area contributed by atoms with Crippen molar-refractivity contribution in [3.05, 3.63) is 81.8 Å². The molecule has 3 heterocycles. The molecule has 2 aromatic heterocycles. The number of sulfonamides is 1. The number of urea groups is 1. The molecule has 12 heteroatoms. The van der Waals surface area contributed by atoms with Gasteiger partial charge in [-0.2, -0.15) is 0 Å². The summed E-state index contributed by atoms with van der Waals surface area (Å²) in [6, 6.07) is 13.0. The number of carbonyl (C=O) groups is 1. The SMILES string of the molecule is Cc1ccc(S(=O)(=O)NC(=O)Nc2ccc(-n3ccc4cc(NCCCN5CCCCC5)ccc4c3=O)c(F)c2)s1. The number of likely N-dealkylation sites (tertiary alicyclic amines) is 1. The number of aryl methyl sites for hydroxylation is 1. The number of rotatable bonds is 9. The van der Waals surface area contributed by atoms with E-state index in [0.717, 1.165) is 52.9 Å². The van der Waals surface area contributed by atoms with Gasteiger partial charge in [0.25, 0.3) is 15.6 Å². The minimum absolute atomic E-state index is 0.00174. The summed E-state index contributed by atoms with van der Waals surface area (Å²) in [5.41, 5.74) is 0.578. The second-order valence-corrected chi connectivity index (χ2v) is 13.3. The number of piperidine rings is 1. The average Bonchev–Trinajstić information content (AvgIpc) is 3.39. The van der Waals surface area contributed by atoms with Crippen LogP contribution in [-0.4, -0.2) is 50.1 Å². The summed E-state index contributed by atoms with van der Waals surface area (Å²) in [6.45, 7) is 6.02. The van der Waals surface area contributed by atoms with Gasteiger partial charge in [-0.15, -0.1) is 11.3 Å². The third kappa shape index (κ3) is 6.95. The lowest BCUT2D eigenvalue weighted by atomic mass is 10.1. The second kappa shape index (κ2) is 12.4. The number of nitrogens with one attached hydrogen (secondary N) is 3. The fourth-order valence-electron chi connectivity index (χ4n) is 4.93. The third-order valence-corrected chi connectivity index (χ3v) is 9.83. The first-order valence-electron chi connectivity index (χ1n) is 13.5. The molecule has 3 N–H and O–H groups in total. The highest BCUT2D eigenvalue weighted by molar-refractivity contribution is 7.92. The van der Waals surface area contributed by atoms with Crippen LogP contribution in [0.1, 0.15) is 30.6 Å². The normalized spacial score (nSPS) is 14.2. The van der Waals surface area contributed by atoms with Gasteiger partial charge in [0.1, 0.15) is 10.0 Å². The Morgan fingerprint density at radius 2 is 1.78 bits per heavy atom. The molecule has 0 saturated carbocycles. The van der Waals surface area contributed by atoms with Crippen LogP contribution in [0.4, 0.5) is 20.6 Å². The van der Waals surface area contributed by atoms with Crippen molar-refractivity contribution in [1.29, 1.82) is 0 Å². The number of hydrogen-bond acceptors (Lipinski definition) is 7. The molecular formula is C29H32FN5O4S2. The molecule has 0 radical (unpaired) electrons. The lowest BCUT2D eigenvalue weighted by Crippen LogP contribution is -2.34. The number of aromatic nitrogens is 1. The third-order valence-electron chi connectivity index (χ3n) is 7.01. The number of carbonyl (C=O) groups excluding carboxylic acids is 1. The zero-order valence-electron chi connectivity index (χ0n) is 22.7. The molecular weight excluding hydrogens is 565 g/mol. The molecule has 0 atom stereocenters. The highest BCUT2D eigenvalue weighted by atomic mass is 32.2. The molecule has 2 aromatic carbocycles. The van der Waals surface area contributed by atoms with E-state index in [2.05, 4.69) is 15.5 Å². The van der Waals surface area contributed by atoms with Gasteiger partial charge in [-0.3, -0.25) is 9.36 Å². The van der Waals surface area contributed by atoms with Gasteiger partial charge in [0.15, 0.2) is 0 Å². The number of halogens is 1. The molecule has 1 aliphatic heterocycles. The number of benzene rings is 2. The fraction of sp³-hybridized carbons (Fsp3) is 0.310. The van der Waals surface area contributed by atoms with Gasteiger partial charge in [-0.25, -0.2) is 22.3 Å². The summed E-state index contributed by atoms with van der Waals surface area (Å²) in [4.78, 5) is 28.8. The molecule has 9 nitrogen and oxygen atoms in total. The van der Waals surface area contributed by atoms with Crippen LogP contribution in [0.2, 0.25) is 0 Å². The predicted molar refractivity (Wildman–Crippen MR) is 161 cm³/mol. The van der Waals surface area contributed by atoms with E-state index >= 15 is 4.39 Å². The van der Waals surface area contributed by atoms with E-state index in [-0.39, 0.29) is 21.1 Å². The number of hydrogen-bond donors (Lipinski definition) is 3. The van der Waals surface area contributed by atoms with Crippen molar-refractivity contribution in [1.82, 2.24) is 14.2 Å². The average molecular weight is 598 g/mol. The molecule has 1 aliphatic rings. The number of thiophene rings is 1. The Morgan fingerprint density at radius 3 is 2.51 bits per heavy atom. The molecule has 216 valence electrons. The first kappa shape index (κ1) is 28.8. The van der Waals surface area contributed by atoms with Crippen molar-refractivity contribution in [2.45, 2.75) is 36.8 Å². The topological polar surface area (TPSA) is 113 Å². The van der Waals surface area contributed by atoms with Crippen LogP contribution in [0.3, 0.4) is 0 Å². The molecule has 0 aliphatic carbocycles. The molecule has 41 heavy (non-hydrogen) atoms. The standard InChI is InChI=1S/C29H32FN5O4S2/c1-20-6-11-27(40-20)41(38,39)33-29(37)32-23-8-10-26(25(30)19-23)35-17-12-21-18-22(7-9-24(21)28(35)36)31-13-5-16-34-14-3-2-4-15-34/h6-12,17-19,31H,2-5,13-16H2,1H3,(H2,32,33,37). The van der Waals surface area contributed by atoms with Gasteiger partial charge in [0.05, 0.1) is 5.69 Å². The highest BCUT2D eigenvalue weighted by Crippen LogP contribution is 2.22. The molecule has 0 unspecified atom stereocenters. The Morgan fingerprint density at radius 1 is 1.00 bits per heavy atom. The summed E-state index contributed by atoms with van der Waals surface area (Å²) in [7, 11) is -4.05. The summed E-state index contributed by atoms with van der Waals surface area (Å²) in [5.74, 6) is -0.756. The molecule has 2 amide bonds. The summed E-state index contributed by atoms with van der Waals surface area (Å²) in [5, 5.41) is 6.93. The van der Waals surface area contributed by atoms with Gasteiger partial charge >= 0.3 is 6.03 Å². The maximum atomic E-state index is 15.1. The fourth-order valence-corrected chi connectivity index (χ4v) is 7.12. The van der Waals surface area contributed by atoms with Crippen LogP contribution < -0.4 is 20.9 Å². The lowest BCUT2D eigenvalue weighted by Gasteiger charge is -2.26. The van der Waals surface area contributed by atoms with Gasteiger partial charge in [-0.05, 0) is 106 Å². The van der Waals surface area contributed by atoms with E-state index in [4.69, 9.17) is 0 Å². The lowest BCUT2D eigenvalue weighted by molar-refractivity contribution is 0.228. The first-order valence-corrected chi connectivity index (χ1v) is 15.8. The van der Waals surface area contributed by atoms with Crippen LogP contribution in [0.25, 0.3) is 16.5 Å². The Balaban J connectivity index is 1.24. The number of anilines is 2. The van der Waals surface area contributed by atoms with E-state index in [9.17, 15) is 18.0 Å². The number of pyridine rings is 1. The quantitative estimate of drug-likeness (QED) is 0.226. The van der Waals surface area contributed by atoms with Crippen molar-refractivity contribution in [3.8, 4) is 5.69 Å². The van der Waals surface area contributed by atoms with Gasteiger partial charge in [-0.1, -0.05) is 6.42 Å². The molecule has 1 fully saturated rings. The van der Waals surface area contributed by atoms with Crippen LogP contribution in [0.15, 0.2) is 69.8 Å². The molecule has 4 aromatic rings. The van der Waals surface area contributed by atoms with Crippen LogP contribution in [0, 0.1) is 12.7 Å². The van der Waals surface area contributed by atoms with Crippen molar-refractivity contribution < 1.29 is 17.6 Å². The van der Waals surface area contributed by atoms with E-state index in [1.54, 1.807) is 25.1 Å². The van der Waals surface area contributed by atoms with Crippen molar-refractivity contribution in [3.63, 3.8) is 0 Å². The van der Waals surface area contributed by atoms with Gasteiger partial charge in [0.2, 0.25) is 0 Å². The number of fused-ring (bicyclic) bond motifs is 1. The number of nitrogens with zero attached hydrogens (tertiary/aromatic N) is 2. The highest BCUT2D eigenvalue weighted by Gasteiger charge is 2.20. The maximum Gasteiger partial charge on any atom is 0.333 e. The zero-order valence-corrected chi connectivity index (χ0v) is 24.3. The van der Waals surface area contributed by atoms with E-state index in [0.29, 0.717) is 5.39 Å². The van der Waals surface area contributed by atoms with Crippen molar-refractivity contribution in [2.75, 3.05) is 36.8 Å². The molecule has 0 bridgehead atoms. The molecule has 1 saturated heterocycles. The number of amides is 2. The van der Waals surface area contributed by atoms with Crippen molar-refractivity contribution in [2.24, 2.45) is 0 Å². The molecule has 0 spiro atoms. The Bertz CT molecular complexity index is 1730. The second-order valence-electron chi connectivity index (χ2n) is 10.1. The minimum Gasteiger partial charge on any atom is -0.385 e. The van der Waals surface area contributed by atoms with Crippen LogP contribution >= 0.6 is 11.3 Å². The van der Waals surface area contributed by atoms with Crippen LogP contribution in [0.5, 0.6) is 0 Å². The minimum atomic E-state index is -4.05. The van der Waals surface area contributed by atoms with Crippen LogP contribution in [-0.2, 0) is 10.0 Å². The van der Waals surface area contributed by atoms with Gasteiger partial charge < -0.3 is 15.5 Å². The summed E-state index contributed by atoms with van der Waals surface area (Å²) < 4.78 is 42.9. The Hall–Kier alpha value is -3.74. The molecule has 5 rings (SSSR count). The summed E-state index contributed by atoms with van der Waals surface area (Å²) in [6.07, 6.45) is 6.43. The largest absolute Gasteiger partial charge is 0.385 e. The Kier molecular flexibility index (Phi) is 8.71.